The molecule has 0 aliphatic carbocycles. The van der Waals surface area contributed by atoms with Gasteiger partial charge in [0.05, 0.1) is 15.9 Å². The van der Waals surface area contributed by atoms with Gasteiger partial charge in [0, 0.05) is 24.5 Å². The lowest BCUT2D eigenvalue weighted by Gasteiger charge is -2.17. The Morgan fingerprint density at radius 1 is 1.35 bits per heavy atom. The van der Waals surface area contributed by atoms with Crippen LogP contribution in [-0.2, 0) is 19.9 Å². The Morgan fingerprint density at radius 3 is 2.60 bits per heavy atom. The van der Waals surface area contributed by atoms with Crippen LogP contribution in [-0.4, -0.2) is 22.9 Å². The molecule has 1 aromatic heterocycles. The van der Waals surface area contributed by atoms with Crippen molar-refractivity contribution < 1.29 is 0 Å². The van der Waals surface area contributed by atoms with Crippen LogP contribution in [0.4, 0.5) is 0 Å². The van der Waals surface area contributed by atoms with Crippen LogP contribution < -0.4 is 5.32 Å². The Bertz CT molecular complexity index is 595. The summed E-state index contributed by atoms with van der Waals surface area (Å²) in [5, 5.41) is 8.63. The first-order valence-corrected chi connectivity index (χ1v) is 7.78. The van der Waals surface area contributed by atoms with Gasteiger partial charge in [0.1, 0.15) is 0 Å². The molecule has 2 aromatic rings. The second kappa shape index (κ2) is 6.74. The number of aromatic nitrogens is 2. The van der Waals surface area contributed by atoms with E-state index in [1.54, 1.807) is 0 Å². The number of likely N-dealkylation sites (N-methyl/N-ethyl adjacent to an activating group) is 1. The van der Waals surface area contributed by atoms with Crippen molar-refractivity contribution in [2.45, 2.75) is 25.8 Å². The highest BCUT2D eigenvalue weighted by Crippen LogP contribution is 2.23. The fourth-order valence-corrected chi connectivity index (χ4v) is 3.05. The third kappa shape index (κ3) is 3.43. The van der Waals surface area contributed by atoms with Crippen LogP contribution in [0.25, 0.3) is 0 Å². The predicted octanol–water partition coefficient (Wildman–Crippen LogP) is 3.52. The van der Waals surface area contributed by atoms with Crippen molar-refractivity contribution in [2.75, 3.05) is 7.05 Å². The Morgan fingerprint density at radius 2 is 2.05 bits per heavy atom. The summed E-state index contributed by atoms with van der Waals surface area (Å²) < 4.78 is 3.04. The molecule has 0 aliphatic rings. The van der Waals surface area contributed by atoms with Crippen LogP contribution >= 0.6 is 27.5 Å². The number of hydrogen-bond donors (Lipinski definition) is 1. The molecule has 1 atom stereocenters. The maximum atomic E-state index is 6.24. The van der Waals surface area contributed by atoms with E-state index in [1.807, 2.05) is 43.9 Å². The molecule has 0 amide bonds. The second-order valence-corrected chi connectivity index (χ2v) is 6.16. The first kappa shape index (κ1) is 15.5. The zero-order valence-corrected chi connectivity index (χ0v) is 14.3. The molecule has 1 unspecified atom stereocenters. The molecule has 0 spiro atoms. The fourth-order valence-electron chi connectivity index (χ4n) is 2.34. The first-order chi connectivity index (χ1) is 9.52. The van der Waals surface area contributed by atoms with Crippen LogP contribution in [0.1, 0.15) is 17.0 Å². The van der Waals surface area contributed by atoms with Crippen LogP contribution in [0.15, 0.2) is 28.7 Å². The van der Waals surface area contributed by atoms with Crippen LogP contribution in [0.2, 0.25) is 5.02 Å². The van der Waals surface area contributed by atoms with Gasteiger partial charge in [-0.2, -0.15) is 5.10 Å². The van der Waals surface area contributed by atoms with Gasteiger partial charge >= 0.3 is 0 Å². The van der Waals surface area contributed by atoms with E-state index < -0.39 is 0 Å². The molecule has 20 heavy (non-hydrogen) atoms. The Kier molecular flexibility index (Phi) is 5.24. The summed E-state index contributed by atoms with van der Waals surface area (Å²) in [5.41, 5.74) is 3.40. The number of nitrogens with one attached hydrogen (secondary N) is 1. The molecule has 1 heterocycles. The van der Waals surface area contributed by atoms with E-state index >= 15 is 0 Å². The van der Waals surface area contributed by atoms with E-state index in [9.17, 15) is 0 Å². The summed E-state index contributed by atoms with van der Waals surface area (Å²) in [4.78, 5) is 0. The lowest BCUT2D eigenvalue weighted by atomic mass is 10.0. The lowest BCUT2D eigenvalue weighted by molar-refractivity contribution is 0.532. The highest BCUT2D eigenvalue weighted by atomic mass is 79.9. The number of benzene rings is 1. The molecule has 0 saturated heterocycles. The van der Waals surface area contributed by atoms with Crippen molar-refractivity contribution in [2.24, 2.45) is 7.05 Å². The largest absolute Gasteiger partial charge is 0.316 e. The van der Waals surface area contributed by atoms with Crippen molar-refractivity contribution in [3.63, 3.8) is 0 Å². The molecular formula is C15H19BrClN3. The molecule has 2 rings (SSSR count). The number of halogens is 2. The SMILES string of the molecule is CNC(Cc1ccccc1Cl)Cc1c(Br)c(C)nn1C. The van der Waals surface area contributed by atoms with Crippen molar-refractivity contribution in [1.29, 1.82) is 0 Å². The molecule has 108 valence electrons. The maximum Gasteiger partial charge on any atom is 0.0738 e. The van der Waals surface area contributed by atoms with Gasteiger partial charge in [-0.25, -0.2) is 0 Å². The minimum Gasteiger partial charge on any atom is -0.316 e. The summed E-state index contributed by atoms with van der Waals surface area (Å²) in [6.45, 7) is 2.01. The van der Waals surface area contributed by atoms with Gasteiger partial charge in [0.2, 0.25) is 0 Å². The highest BCUT2D eigenvalue weighted by molar-refractivity contribution is 9.10. The number of nitrogens with zero attached hydrogens (tertiary/aromatic N) is 2. The molecule has 0 saturated carbocycles. The average Bonchev–Trinajstić information content (AvgIpc) is 2.66. The topological polar surface area (TPSA) is 29.9 Å². The minimum atomic E-state index is 0.320. The average molecular weight is 357 g/mol. The van der Waals surface area contributed by atoms with E-state index in [2.05, 4.69) is 32.4 Å². The molecule has 0 aliphatic heterocycles. The standard InChI is InChI=1S/C15H19BrClN3/c1-10-15(16)14(20(3)19-10)9-12(18-2)8-11-6-4-5-7-13(11)17/h4-7,12,18H,8-9H2,1-3H3. The third-order valence-corrected chi connectivity index (χ3v) is 4.93. The Labute approximate surface area is 133 Å². The molecule has 1 aromatic carbocycles. The van der Waals surface area contributed by atoms with Gasteiger partial charge < -0.3 is 5.32 Å². The number of hydrogen-bond acceptors (Lipinski definition) is 2. The minimum absolute atomic E-state index is 0.320. The number of rotatable bonds is 5. The van der Waals surface area contributed by atoms with Gasteiger partial charge in [-0.3, -0.25) is 4.68 Å². The van der Waals surface area contributed by atoms with E-state index in [4.69, 9.17) is 11.6 Å². The Hall–Kier alpha value is -0.840. The van der Waals surface area contributed by atoms with Crippen molar-refractivity contribution in [3.8, 4) is 0 Å². The molecule has 3 nitrogen and oxygen atoms in total. The summed E-state index contributed by atoms with van der Waals surface area (Å²) in [6.07, 6.45) is 1.80. The fraction of sp³-hybridized carbons (Fsp3) is 0.400. The quantitative estimate of drug-likeness (QED) is 0.888. The summed E-state index contributed by atoms with van der Waals surface area (Å²) >= 11 is 9.86. The smallest absolute Gasteiger partial charge is 0.0738 e. The lowest BCUT2D eigenvalue weighted by Crippen LogP contribution is -2.31. The normalized spacial score (nSPS) is 12.7. The predicted molar refractivity (Wildman–Crippen MR) is 87.4 cm³/mol. The first-order valence-electron chi connectivity index (χ1n) is 6.61. The molecule has 1 N–H and O–H groups in total. The van der Waals surface area contributed by atoms with Gasteiger partial charge in [-0.05, 0) is 48.0 Å². The zero-order chi connectivity index (χ0) is 14.7. The third-order valence-electron chi connectivity index (χ3n) is 3.53. The van der Waals surface area contributed by atoms with Gasteiger partial charge in [0.15, 0.2) is 0 Å². The molecule has 0 fully saturated rings. The van der Waals surface area contributed by atoms with Gasteiger partial charge in [-0.15, -0.1) is 0 Å². The summed E-state index contributed by atoms with van der Waals surface area (Å²) in [7, 11) is 3.97. The van der Waals surface area contributed by atoms with Crippen molar-refractivity contribution in [1.82, 2.24) is 15.1 Å². The highest BCUT2D eigenvalue weighted by Gasteiger charge is 2.16. The zero-order valence-electron chi connectivity index (χ0n) is 12.0. The van der Waals surface area contributed by atoms with Gasteiger partial charge in [-0.1, -0.05) is 29.8 Å². The summed E-state index contributed by atoms with van der Waals surface area (Å²) in [6, 6.07) is 8.32. The Balaban J connectivity index is 2.15. The second-order valence-electron chi connectivity index (χ2n) is 4.95. The van der Waals surface area contributed by atoms with Crippen LogP contribution in [0, 0.1) is 6.92 Å². The van der Waals surface area contributed by atoms with Gasteiger partial charge in [0.25, 0.3) is 0 Å². The summed E-state index contributed by atoms with van der Waals surface area (Å²) in [5.74, 6) is 0. The maximum absolute atomic E-state index is 6.24. The van der Waals surface area contributed by atoms with E-state index in [0.29, 0.717) is 6.04 Å². The van der Waals surface area contributed by atoms with Crippen LogP contribution in [0.5, 0.6) is 0 Å². The van der Waals surface area contributed by atoms with E-state index in [-0.39, 0.29) is 0 Å². The van der Waals surface area contributed by atoms with E-state index in [0.717, 1.165) is 28.0 Å². The molecule has 5 heteroatoms. The van der Waals surface area contributed by atoms with Crippen molar-refractivity contribution >= 4 is 27.5 Å². The molecule has 0 radical (unpaired) electrons. The van der Waals surface area contributed by atoms with E-state index in [1.165, 1.54) is 11.3 Å². The van der Waals surface area contributed by atoms with Crippen LogP contribution in [0.3, 0.4) is 0 Å². The molecule has 0 bridgehead atoms. The van der Waals surface area contributed by atoms with Crippen molar-refractivity contribution in [3.05, 3.63) is 50.7 Å². The monoisotopic (exact) mass is 355 g/mol. The molecular weight excluding hydrogens is 338 g/mol. The number of aryl methyl sites for hydroxylation is 2.